The Kier molecular flexibility index (Phi) is 2.47. The predicted octanol–water partition coefficient (Wildman–Crippen LogP) is 2.77. The van der Waals surface area contributed by atoms with Gasteiger partial charge in [-0.25, -0.2) is 0 Å². The van der Waals surface area contributed by atoms with Crippen molar-refractivity contribution < 1.29 is 5.11 Å². The maximum absolute atomic E-state index is 11.0. The first-order chi connectivity index (χ1) is 5.15. The summed E-state index contributed by atoms with van der Waals surface area (Å²) in [6, 6.07) is 2.88. The number of halogens is 2. The molecule has 0 unspecified atom stereocenters. The molecule has 1 rings (SSSR count). The summed E-state index contributed by atoms with van der Waals surface area (Å²) in [5, 5.41) is 19.4. The van der Waals surface area contributed by atoms with Gasteiger partial charge in [-0.2, -0.15) is 0 Å². The van der Waals surface area contributed by atoms with E-state index in [1.165, 1.54) is 12.1 Å². The summed E-state index contributed by atoms with van der Waals surface area (Å²) in [5.74, 6) is -0.155. The fraction of sp³-hybridized carbons (Fsp3) is 0. The Morgan fingerprint density at radius 3 is 2.09 bits per heavy atom. The van der Waals surface area contributed by atoms with Crippen molar-refractivity contribution in [2.45, 2.75) is 0 Å². The Morgan fingerprint density at radius 2 is 1.73 bits per heavy atom. The van der Waals surface area contributed by atoms with E-state index in [0.717, 1.165) is 0 Å². The van der Waals surface area contributed by atoms with Gasteiger partial charge < -0.3 is 5.11 Å². The molecule has 0 atom stereocenters. The van der Waals surface area contributed by atoms with E-state index in [1.54, 1.807) is 0 Å². The molecule has 0 heterocycles. The molecule has 0 saturated heterocycles. The zero-order chi connectivity index (χ0) is 8.43. The Bertz CT molecular complexity index is 309. The van der Waals surface area contributed by atoms with E-state index in [1.807, 2.05) is 0 Å². The van der Waals surface area contributed by atoms with Crippen molar-refractivity contribution in [3.8, 4) is 5.75 Å². The summed E-state index contributed by atoms with van der Waals surface area (Å²) in [4.78, 5) is 2.93. The molecule has 1 aromatic rings. The van der Waals surface area contributed by atoms with Crippen LogP contribution in [-0.4, -0.2) is 0 Å². The highest BCUT2D eigenvalue weighted by molar-refractivity contribution is 9.11. The van der Waals surface area contributed by atoms with E-state index in [2.05, 4.69) is 36.8 Å². The van der Waals surface area contributed by atoms with Crippen LogP contribution in [0.25, 0.3) is 4.98 Å². The smallest absolute Gasteiger partial charge is 0.387 e. The van der Waals surface area contributed by atoms with E-state index in [4.69, 9.17) is 5.39 Å². The predicted molar refractivity (Wildman–Crippen MR) is 46.0 cm³/mol. The lowest BCUT2D eigenvalue weighted by Gasteiger charge is -2.08. The Balaban J connectivity index is 3.35. The van der Waals surface area contributed by atoms with Crippen molar-refractivity contribution in [2.75, 3.05) is 0 Å². The quantitative estimate of drug-likeness (QED) is 0.685. The maximum Gasteiger partial charge on any atom is 0.387 e. The van der Waals surface area contributed by atoms with Crippen LogP contribution in [0.1, 0.15) is 0 Å². The monoisotopic (exact) mass is 276 g/mol. The summed E-state index contributed by atoms with van der Waals surface area (Å²) in [5.41, 5.74) is 0.336. The van der Waals surface area contributed by atoms with Crippen molar-refractivity contribution in [1.82, 2.24) is 0 Å². The van der Waals surface area contributed by atoms with Crippen LogP contribution in [-0.2, 0) is 0 Å². The fourth-order valence-electron chi connectivity index (χ4n) is 0.604. The van der Waals surface area contributed by atoms with Crippen LogP contribution in [0.15, 0.2) is 21.1 Å². The van der Waals surface area contributed by atoms with Gasteiger partial charge in [0.25, 0.3) is 0 Å². The highest BCUT2D eigenvalue weighted by Gasteiger charge is 2.07. The summed E-state index contributed by atoms with van der Waals surface area (Å²) < 4.78 is 0.749. The van der Waals surface area contributed by atoms with Crippen molar-refractivity contribution in [1.29, 1.82) is 5.39 Å². The number of hydrogen-bond donors (Lipinski definition) is 0. The highest BCUT2D eigenvalue weighted by Crippen LogP contribution is 2.33. The number of diazo groups is 1. The SMILES string of the molecule is N#[N+]c1cc(Br)c([O-])c(Br)c1. The molecule has 0 aromatic heterocycles. The summed E-state index contributed by atoms with van der Waals surface area (Å²) >= 11 is 6.05. The first kappa shape index (κ1) is 8.50. The van der Waals surface area contributed by atoms with Gasteiger partial charge in [0, 0.05) is 21.1 Å². The minimum Gasteiger partial charge on any atom is -0.871 e. The largest absolute Gasteiger partial charge is 0.871 e. The van der Waals surface area contributed by atoms with E-state index in [-0.39, 0.29) is 5.75 Å². The Hall–Kier alpha value is -0.600. The van der Waals surface area contributed by atoms with Crippen LogP contribution >= 0.6 is 31.9 Å². The molecule has 0 saturated carbocycles. The van der Waals surface area contributed by atoms with E-state index in [0.29, 0.717) is 14.6 Å². The summed E-state index contributed by atoms with van der Waals surface area (Å²) in [6.07, 6.45) is 0. The molecule has 0 aliphatic heterocycles. The fourth-order valence-corrected chi connectivity index (χ4v) is 1.77. The molecule has 0 aliphatic carbocycles. The first-order valence-electron chi connectivity index (χ1n) is 2.66. The molecule has 0 amide bonds. The van der Waals surface area contributed by atoms with Crippen LogP contribution < -0.4 is 5.11 Å². The Morgan fingerprint density at radius 1 is 1.27 bits per heavy atom. The van der Waals surface area contributed by atoms with Gasteiger partial charge in [0.15, 0.2) is 4.98 Å². The van der Waals surface area contributed by atoms with Gasteiger partial charge in [-0.1, -0.05) is 37.6 Å². The van der Waals surface area contributed by atoms with Gasteiger partial charge in [0.1, 0.15) is 0 Å². The first-order valence-corrected chi connectivity index (χ1v) is 4.25. The minimum absolute atomic E-state index is 0.155. The van der Waals surface area contributed by atoms with Gasteiger partial charge in [0.2, 0.25) is 5.39 Å². The lowest BCUT2D eigenvalue weighted by Crippen LogP contribution is -1.91. The molecular weight excluding hydrogens is 276 g/mol. The van der Waals surface area contributed by atoms with E-state index >= 15 is 0 Å². The molecule has 5 heteroatoms. The third-order valence-electron chi connectivity index (χ3n) is 1.10. The van der Waals surface area contributed by atoms with Crippen LogP contribution in [0.5, 0.6) is 5.75 Å². The van der Waals surface area contributed by atoms with Crippen molar-refractivity contribution >= 4 is 37.5 Å². The van der Waals surface area contributed by atoms with E-state index in [9.17, 15) is 5.11 Å². The zero-order valence-electron chi connectivity index (χ0n) is 5.21. The topological polar surface area (TPSA) is 51.2 Å². The van der Waals surface area contributed by atoms with Crippen molar-refractivity contribution in [2.24, 2.45) is 0 Å². The molecule has 0 fully saturated rings. The lowest BCUT2D eigenvalue weighted by molar-refractivity contribution is -0.270. The standard InChI is InChI=1S/C6H2Br2N2O/c7-4-1-3(10-9)2-5(8)6(4)11/h1-2H. The van der Waals surface area contributed by atoms with Gasteiger partial charge in [-0.15, -0.1) is 0 Å². The van der Waals surface area contributed by atoms with Crippen molar-refractivity contribution in [3.63, 3.8) is 0 Å². The molecule has 1 aromatic carbocycles. The second kappa shape index (κ2) is 3.20. The Labute approximate surface area is 79.9 Å². The van der Waals surface area contributed by atoms with Crippen LogP contribution in [0.2, 0.25) is 0 Å². The van der Waals surface area contributed by atoms with Gasteiger partial charge in [-0.05, 0) is 0 Å². The number of nitrogens with zero attached hydrogens (tertiary/aromatic N) is 2. The zero-order valence-corrected chi connectivity index (χ0v) is 8.39. The average molecular weight is 278 g/mol. The molecule has 11 heavy (non-hydrogen) atoms. The molecular formula is C6H2Br2N2O. The third kappa shape index (κ3) is 1.70. The normalized spacial score (nSPS) is 9.18. The van der Waals surface area contributed by atoms with Crippen molar-refractivity contribution in [3.05, 3.63) is 26.1 Å². The number of benzene rings is 1. The molecule has 0 spiro atoms. The van der Waals surface area contributed by atoms with E-state index < -0.39 is 0 Å². The van der Waals surface area contributed by atoms with Crippen LogP contribution in [0.4, 0.5) is 5.69 Å². The molecule has 3 nitrogen and oxygen atoms in total. The second-order valence-corrected chi connectivity index (χ2v) is 3.55. The van der Waals surface area contributed by atoms with Gasteiger partial charge in [0.05, 0.1) is 0 Å². The molecule has 56 valence electrons. The average Bonchev–Trinajstić information content (AvgIpc) is 1.99. The highest BCUT2D eigenvalue weighted by atomic mass is 79.9. The van der Waals surface area contributed by atoms with Crippen LogP contribution in [0.3, 0.4) is 0 Å². The molecule has 0 N–H and O–H groups in total. The second-order valence-electron chi connectivity index (χ2n) is 1.84. The molecule has 0 bridgehead atoms. The third-order valence-corrected chi connectivity index (χ3v) is 2.28. The number of hydrogen-bond acceptors (Lipinski definition) is 2. The number of rotatable bonds is 0. The molecule has 0 aliphatic rings. The summed E-state index contributed by atoms with van der Waals surface area (Å²) in [6.45, 7) is 0. The maximum atomic E-state index is 11.0. The lowest BCUT2D eigenvalue weighted by atomic mass is 10.3. The van der Waals surface area contributed by atoms with Gasteiger partial charge >= 0.3 is 5.69 Å². The van der Waals surface area contributed by atoms with Crippen LogP contribution in [0, 0.1) is 5.39 Å². The summed E-state index contributed by atoms with van der Waals surface area (Å²) in [7, 11) is 0. The van der Waals surface area contributed by atoms with Gasteiger partial charge in [-0.3, -0.25) is 0 Å². The minimum atomic E-state index is -0.155. The molecule has 0 radical (unpaired) electrons.